The van der Waals surface area contributed by atoms with Crippen molar-refractivity contribution in [2.45, 2.75) is 32.0 Å². The van der Waals surface area contributed by atoms with Crippen molar-refractivity contribution in [1.29, 1.82) is 0 Å². The Morgan fingerprint density at radius 1 is 1.27 bits per heavy atom. The van der Waals surface area contributed by atoms with Crippen LogP contribution in [0.25, 0.3) is 0 Å². The first kappa shape index (κ1) is 9.37. The Balaban J connectivity index is 1.87. The van der Waals surface area contributed by atoms with Gasteiger partial charge in [0.1, 0.15) is 0 Å². The molecule has 1 saturated heterocycles. The van der Waals surface area contributed by atoms with Crippen LogP contribution in [-0.2, 0) is 13.0 Å². The van der Waals surface area contributed by atoms with Crippen molar-refractivity contribution in [3.63, 3.8) is 0 Å². The van der Waals surface area contributed by atoms with Gasteiger partial charge in [0.2, 0.25) is 0 Å². The fraction of sp³-hybridized carbons (Fsp3) is 0.538. The Labute approximate surface area is 91.3 Å². The lowest BCUT2D eigenvalue weighted by atomic mass is 9.92. The second-order valence-electron chi connectivity index (χ2n) is 4.87. The number of nitrogens with one attached hydrogen (secondary N) is 1. The molecule has 2 heterocycles. The third-order valence-electron chi connectivity index (χ3n) is 3.67. The van der Waals surface area contributed by atoms with Gasteiger partial charge in [-0.1, -0.05) is 24.3 Å². The number of nitrogens with zero attached hydrogens (tertiary/aromatic N) is 1. The van der Waals surface area contributed by atoms with Gasteiger partial charge in [-0.25, -0.2) is 0 Å². The van der Waals surface area contributed by atoms with E-state index in [9.17, 15) is 0 Å². The molecule has 0 aromatic heterocycles. The predicted molar refractivity (Wildman–Crippen MR) is 61.8 cm³/mol. The molecule has 0 aliphatic carbocycles. The van der Waals surface area contributed by atoms with E-state index in [0.29, 0.717) is 6.04 Å². The number of hydrogen-bond donors (Lipinski definition) is 1. The van der Waals surface area contributed by atoms with E-state index in [-0.39, 0.29) is 0 Å². The van der Waals surface area contributed by atoms with E-state index in [2.05, 4.69) is 41.4 Å². The van der Waals surface area contributed by atoms with E-state index in [4.69, 9.17) is 0 Å². The van der Waals surface area contributed by atoms with Crippen molar-refractivity contribution < 1.29 is 0 Å². The van der Waals surface area contributed by atoms with Gasteiger partial charge in [-0.05, 0) is 24.5 Å². The standard InChI is InChI=1S/C13H18N2/c1-10-8-15-9-12-5-3-2-4-11(12)6-13(15)7-14-10/h2-5,10,13-14H,6-9H2,1H3/t10-,13-/m0/s1. The molecule has 1 fully saturated rings. The van der Waals surface area contributed by atoms with Crippen molar-refractivity contribution in [2.75, 3.05) is 13.1 Å². The minimum absolute atomic E-state index is 0.645. The highest BCUT2D eigenvalue weighted by Gasteiger charge is 2.29. The van der Waals surface area contributed by atoms with Crippen LogP contribution in [0.5, 0.6) is 0 Å². The van der Waals surface area contributed by atoms with Gasteiger partial charge < -0.3 is 5.32 Å². The average molecular weight is 202 g/mol. The molecule has 0 radical (unpaired) electrons. The Hall–Kier alpha value is -0.860. The maximum Gasteiger partial charge on any atom is 0.0265 e. The lowest BCUT2D eigenvalue weighted by molar-refractivity contribution is 0.116. The van der Waals surface area contributed by atoms with Crippen LogP contribution < -0.4 is 5.32 Å². The summed E-state index contributed by atoms with van der Waals surface area (Å²) < 4.78 is 0. The molecular formula is C13H18N2. The molecule has 1 N–H and O–H groups in total. The van der Waals surface area contributed by atoms with E-state index >= 15 is 0 Å². The van der Waals surface area contributed by atoms with E-state index < -0.39 is 0 Å². The minimum atomic E-state index is 0.645. The van der Waals surface area contributed by atoms with Crippen LogP contribution in [0.3, 0.4) is 0 Å². The van der Waals surface area contributed by atoms with Crippen LogP contribution in [0.1, 0.15) is 18.1 Å². The molecule has 2 heteroatoms. The van der Waals surface area contributed by atoms with Gasteiger partial charge >= 0.3 is 0 Å². The highest BCUT2D eigenvalue weighted by molar-refractivity contribution is 5.30. The highest BCUT2D eigenvalue weighted by Crippen LogP contribution is 2.24. The van der Waals surface area contributed by atoms with Gasteiger partial charge in [0.05, 0.1) is 0 Å². The molecule has 2 aliphatic heterocycles. The zero-order valence-electron chi connectivity index (χ0n) is 9.24. The third kappa shape index (κ3) is 1.68. The first-order chi connectivity index (χ1) is 7.33. The molecule has 0 unspecified atom stereocenters. The lowest BCUT2D eigenvalue weighted by Gasteiger charge is -2.43. The molecule has 80 valence electrons. The second-order valence-corrected chi connectivity index (χ2v) is 4.87. The summed E-state index contributed by atoms with van der Waals surface area (Å²) in [5.41, 5.74) is 3.08. The van der Waals surface area contributed by atoms with Crippen LogP contribution in [-0.4, -0.2) is 30.1 Å². The fourth-order valence-corrected chi connectivity index (χ4v) is 2.81. The SMILES string of the molecule is C[C@H]1CN2Cc3ccccc3C[C@H]2CN1. The molecule has 0 amide bonds. The van der Waals surface area contributed by atoms with Crippen LogP contribution in [0.2, 0.25) is 0 Å². The summed E-state index contributed by atoms with van der Waals surface area (Å²) in [7, 11) is 0. The normalized spacial score (nSPS) is 30.7. The van der Waals surface area contributed by atoms with Crippen LogP contribution in [0, 0.1) is 0 Å². The van der Waals surface area contributed by atoms with Gasteiger partial charge in [-0.15, -0.1) is 0 Å². The first-order valence-electron chi connectivity index (χ1n) is 5.87. The summed E-state index contributed by atoms with van der Waals surface area (Å²) >= 11 is 0. The second kappa shape index (κ2) is 3.62. The Kier molecular flexibility index (Phi) is 2.26. The summed E-state index contributed by atoms with van der Waals surface area (Å²) in [6, 6.07) is 10.2. The largest absolute Gasteiger partial charge is 0.311 e. The number of piperazine rings is 1. The number of benzene rings is 1. The van der Waals surface area contributed by atoms with Gasteiger partial charge in [0.25, 0.3) is 0 Å². The molecular weight excluding hydrogens is 184 g/mol. The molecule has 2 aliphatic rings. The zero-order valence-corrected chi connectivity index (χ0v) is 9.24. The number of fused-ring (bicyclic) bond motifs is 2. The first-order valence-corrected chi connectivity index (χ1v) is 5.87. The Bertz CT molecular complexity index is 361. The third-order valence-corrected chi connectivity index (χ3v) is 3.67. The lowest BCUT2D eigenvalue weighted by Crippen LogP contribution is -2.57. The smallest absolute Gasteiger partial charge is 0.0265 e. The number of hydrogen-bond acceptors (Lipinski definition) is 2. The molecule has 3 rings (SSSR count). The summed E-state index contributed by atoms with van der Waals surface area (Å²) in [4.78, 5) is 2.63. The molecule has 1 aromatic carbocycles. The van der Waals surface area contributed by atoms with E-state index in [1.807, 2.05) is 0 Å². The zero-order chi connectivity index (χ0) is 10.3. The maximum absolute atomic E-state index is 3.57. The van der Waals surface area contributed by atoms with E-state index in [1.54, 1.807) is 5.56 Å². The van der Waals surface area contributed by atoms with Crippen LogP contribution in [0.15, 0.2) is 24.3 Å². The summed E-state index contributed by atoms with van der Waals surface area (Å²) in [5, 5.41) is 3.57. The van der Waals surface area contributed by atoms with Crippen LogP contribution >= 0.6 is 0 Å². The van der Waals surface area contributed by atoms with Gasteiger partial charge in [-0.2, -0.15) is 0 Å². The summed E-state index contributed by atoms with van der Waals surface area (Å²) in [6.45, 7) is 5.76. The fourth-order valence-electron chi connectivity index (χ4n) is 2.81. The Morgan fingerprint density at radius 3 is 2.93 bits per heavy atom. The average Bonchev–Trinajstić information content (AvgIpc) is 2.26. The van der Waals surface area contributed by atoms with Crippen molar-refractivity contribution in [2.24, 2.45) is 0 Å². The predicted octanol–water partition coefficient (Wildman–Crippen LogP) is 1.41. The van der Waals surface area contributed by atoms with Crippen molar-refractivity contribution >= 4 is 0 Å². The molecule has 0 bridgehead atoms. The highest BCUT2D eigenvalue weighted by atomic mass is 15.2. The van der Waals surface area contributed by atoms with Crippen LogP contribution in [0.4, 0.5) is 0 Å². The monoisotopic (exact) mass is 202 g/mol. The summed E-state index contributed by atoms with van der Waals surface area (Å²) in [5.74, 6) is 0. The Morgan fingerprint density at radius 2 is 2.07 bits per heavy atom. The molecule has 0 spiro atoms. The van der Waals surface area contributed by atoms with Crippen molar-refractivity contribution in [3.8, 4) is 0 Å². The minimum Gasteiger partial charge on any atom is -0.311 e. The van der Waals surface area contributed by atoms with E-state index in [1.165, 1.54) is 18.5 Å². The van der Waals surface area contributed by atoms with Gasteiger partial charge in [-0.3, -0.25) is 4.90 Å². The topological polar surface area (TPSA) is 15.3 Å². The van der Waals surface area contributed by atoms with Crippen molar-refractivity contribution in [3.05, 3.63) is 35.4 Å². The molecule has 0 saturated carbocycles. The molecule has 15 heavy (non-hydrogen) atoms. The van der Waals surface area contributed by atoms with E-state index in [0.717, 1.165) is 19.1 Å². The molecule has 1 aromatic rings. The quantitative estimate of drug-likeness (QED) is 0.684. The number of rotatable bonds is 0. The molecule has 2 nitrogen and oxygen atoms in total. The van der Waals surface area contributed by atoms with Gasteiger partial charge in [0, 0.05) is 31.7 Å². The van der Waals surface area contributed by atoms with Gasteiger partial charge in [0.15, 0.2) is 0 Å². The maximum atomic E-state index is 3.57. The molecule has 2 atom stereocenters. The van der Waals surface area contributed by atoms with Crippen molar-refractivity contribution in [1.82, 2.24) is 10.2 Å². The summed E-state index contributed by atoms with van der Waals surface area (Å²) in [6.07, 6.45) is 1.22.